The van der Waals surface area contributed by atoms with E-state index >= 15 is 0 Å². The normalized spacial score (nSPS) is 13.9. The Morgan fingerprint density at radius 1 is 1.50 bits per heavy atom. The van der Waals surface area contributed by atoms with E-state index in [9.17, 15) is 4.79 Å². The fourth-order valence-electron chi connectivity index (χ4n) is 2.00. The molecule has 0 saturated heterocycles. The zero-order valence-corrected chi connectivity index (χ0v) is 14.0. The number of aromatic nitrogens is 1. The maximum absolute atomic E-state index is 11.9. The molecule has 1 aliphatic carbocycles. The number of amides is 1. The third kappa shape index (κ3) is 4.24. The summed E-state index contributed by atoms with van der Waals surface area (Å²) in [5.41, 5.74) is 0.964. The third-order valence-electron chi connectivity index (χ3n) is 3.37. The Balaban J connectivity index is 1.43. The summed E-state index contributed by atoms with van der Waals surface area (Å²) in [6, 6.07) is 7.72. The lowest BCUT2D eigenvalue weighted by atomic mass is 10.3. The van der Waals surface area contributed by atoms with Crippen LogP contribution in [0, 0.1) is 0 Å². The van der Waals surface area contributed by atoms with Gasteiger partial charge < -0.3 is 10.1 Å². The van der Waals surface area contributed by atoms with Crippen LogP contribution in [0.2, 0.25) is 0 Å². The number of thioether (sulfide) groups is 1. The van der Waals surface area contributed by atoms with Crippen molar-refractivity contribution in [2.75, 3.05) is 12.9 Å². The molecule has 1 aromatic heterocycles. The third-order valence-corrected chi connectivity index (χ3v) is 5.42. The largest absolute Gasteiger partial charge is 0.497 e. The minimum atomic E-state index is 0.0220. The van der Waals surface area contributed by atoms with Crippen LogP contribution in [0.1, 0.15) is 29.5 Å². The summed E-state index contributed by atoms with van der Waals surface area (Å²) < 4.78 is 5.17. The van der Waals surface area contributed by atoms with Crippen molar-refractivity contribution in [1.82, 2.24) is 10.3 Å². The fourth-order valence-corrected chi connectivity index (χ4v) is 3.77. The molecule has 0 aliphatic heterocycles. The molecule has 1 N–H and O–H groups in total. The quantitative estimate of drug-likeness (QED) is 0.788. The molecule has 0 spiro atoms. The smallest absolute Gasteiger partial charge is 0.230 e. The Morgan fingerprint density at radius 2 is 2.36 bits per heavy atom. The fraction of sp³-hybridized carbons (Fsp3) is 0.375. The van der Waals surface area contributed by atoms with Crippen LogP contribution in [0.4, 0.5) is 0 Å². The van der Waals surface area contributed by atoms with Crippen LogP contribution in [0.25, 0.3) is 0 Å². The van der Waals surface area contributed by atoms with Gasteiger partial charge in [-0.1, -0.05) is 6.07 Å². The highest BCUT2D eigenvalue weighted by Crippen LogP contribution is 2.41. The number of ether oxygens (including phenoxy) is 1. The Bertz CT molecular complexity index is 653. The Kier molecular flexibility index (Phi) is 5.00. The van der Waals surface area contributed by atoms with Crippen molar-refractivity contribution >= 4 is 29.0 Å². The van der Waals surface area contributed by atoms with Crippen LogP contribution in [0.15, 0.2) is 34.5 Å². The van der Waals surface area contributed by atoms with E-state index in [2.05, 4.69) is 10.3 Å². The van der Waals surface area contributed by atoms with Gasteiger partial charge in [-0.2, -0.15) is 0 Å². The van der Waals surface area contributed by atoms with Crippen molar-refractivity contribution in [3.8, 4) is 5.75 Å². The summed E-state index contributed by atoms with van der Waals surface area (Å²) in [4.78, 5) is 17.5. The molecule has 4 nitrogen and oxygen atoms in total. The number of nitrogens with one attached hydrogen (secondary N) is 1. The lowest BCUT2D eigenvalue weighted by Crippen LogP contribution is -2.24. The maximum atomic E-state index is 11.9. The maximum Gasteiger partial charge on any atom is 0.230 e. The van der Waals surface area contributed by atoms with Gasteiger partial charge in [0.1, 0.15) is 5.75 Å². The number of benzene rings is 1. The second kappa shape index (κ2) is 7.15. The van der Waals surface area contributed by atoms with Crippen molar-refractivity contribution in [1.29, 1.82) is 0 Å². The average molecular weight is 334 g/mol. The first-order chi connectivity index (χ1) is 10.7. The van der Waals surface area contributed by atoms with Crippen molar-refractivity contribution in [2.24, 2.45) is 0 Å². The van der Waals surface area contributed by atoms with E-state index in [4.69, 9.17) is 4.74 Å². The molecule has 1 aromatic carbocycles. The summed E-state index contributed by atoms with van der Waals surface area (Å²) in [6.45, 7) is 0.515. The number of carbonyl (C=O) groups is 1. The van der Waals surface area contributed by atoms with Gasteiger partial charge in [0.05, 0.1) is 30.1 Å². The van der Waals surface area contributed by atoms with E-state index in [0.29, 0.717) is 18.2 Å². The molecule has 2 aromatic rings. The second-order valence-corrected chi connectivity index (χ2v) is 7.13. The minimum Gasteiger partial charge on any atom is -0.497 e. The van der Waals surface area contributed by atoms with Gasteiger partial charge in [0.15, 0.2) is 0 Å². The Hall–Kier alpha value is -1.53. The van der Waals surface area contributed by atoms with E-state index in [-0.39, 0.29) is 5.91 Å². The first-order valence-corrected chi connectivity index (χ1v) is 9.09. The number of hydrogen-bond acceptors (Lipinski definition) is 5. The molecule has 116 valence electrons. The van der Waals surface area contributed by atoms with Crippen molar-refractivity contribution < 1.29 is 9.53 Å². The lowest BCUT2D eigenvalue weighted by Gasteiger charge is -2.05. The van der Waals surface area contributed by atoms with Gasteiger partial charge in [-0.05, 0) is 31.0 Å². The molecule has 1 aliphatic rings. The van der Waals surface area contributed by atoms with Crippen LogP contribution in [0.5, 0.6) is 5.75 Å². The van der Waals surface area contributed by atoms with Crippen molar-refractivity contribution in [3.05, 3.63) is 40.3 Å². The number of rotatable bonds is 7. The molecule has 1 saturated carbocycles. The number of hydrogen-bond donors (Lipinski definition) is 1. The van der Waals surface area contributed by atoms with Crippen LogP contribution in [-0.4, -0.2) is 23.8 Å². The van der Waals surface area contributed by atoms with Gasteiger partial charge in [-0.25, -0.2) is 4.98 Å². The molecule has 1 fully saturated rings. The van der Waals surface area contributed by atoms with E-state index in [1.54, 1.807) is 18.4 Å². The van der Waals surface area contributed by atoms with E-state index < -0.39 is 0 Å². The molecular formula is C16H18N2O2S2. The van der Waals surface area contributed by atoms with Crippen LogP contribution >= 0.6 is 23.1 Å². The highest BCUT2D eigenvalue weighted by molar-refractivity contribution is 8.00. The molecule has 0 atom stereocenters. The van der Waals surface area contributed by atoms with Crippen LogP contribution < -0.4 is 10.1 Å². The standard InChI is InChI=1S/C16H18N2O2S2/c1-20-13-3-2-4-14(7-13)21-10-15(19)17-8-12-9-22-16(18-12)11-5-6-11/h2-4,7,9,11H,5-6,8,10H2,1H3,(H,17,19). The molecule has 0 bridgehead atoms. The minimum absolute atomic E-state index is 0.0220. The number of methoxy groups -OCH3 is 1. The summed E-state index contributed by atoms with van der Waals surface area (Å²) >= 11 is 3.21. The SMILES string of the molecule is COc1cccc(SCC(=O)NCc2csc(C3CC3)n2)c1. The van der Waals surface area contributed by atoms with E-state index in [1.807, 2.05) is 29.6 Å². The summed E-state index contributed by atoms with van der Waals surface area (Å²) in [5.74, 6) is 1.90. The first-order valence-electron chi connectivity index (χ1n) is 7.22. The van der Waals surface area contributed by atoms with Gasteiger partial charge in [-0.15, -0.1) is 23.1 Å². The molecule has 1 amide bonds. The number of thiazole rings is 1. The lowest BCUT2D eigenvalue weighted by molar-refractivity contribution is -0.118. The molecule has 0 unspecified atom stereocenters. The van der Waals surface area contributed by atoms with Gasteiger partial charge in [0, 0.05) is 16.2 Å². The molecule has 0 radical (unpaired) electrons. The van der Waals surface area contributed by atoms with Gasteiger partial charge in [-0.3, -0.25) is 4.79 Å². The van der Waals surface area contributed by atoms with E-state index in [1.165, 1.54) is 29.6 Å². The summed E-state index contributed by atoms with van der Waals surface area (Å²) in [7, 11) is 1.64. The summed E-state index contributed by atoms with van der Waals surface area (Å²) in [6.07, 6.45) is 2.52. The second-order valence-electron chi connectivity index (χ2n) is 5.20. The predicted octanol–water partition coefficient (Wildman–Crippen LogP) is 3.44. The zero-order valence-electron chi connectivity index (χ0n) is 12.4. The summed E-state index contributed by atoms with van der Waals surface area (Å²) in [5, 5.41) is 6.19. The van der Waals surface area contributed by atoms with Gasteiger partial charge in [0.2, 0.25) is 5.91 Å². The average Bonchev–Trinajstić information content (AvgIpc) is 3.30. The topological polar surface area (TPSA) is 51.2 Å². The van der Waals surface area contributed by atoms with Crippen LogP contribution in [0.3, 0.4) is 0 Å². The van der Waals surface area contributed by atoms with E-state index in [0.717, 1.165) is 16.3 Å². The first kappa shape index (κ1) is 15.4. The van der Waals surface area contributed by atoms with Crippen molar-refractivity contribution in [3.63, 3.8) is 0 Å². The zero-order chi connectivity index (χ0) is 15.4. The monoisotopic (exact) mass is 334 g/mol. The highest BCUT2D eigenvalue weighted by atomic mass is 32.2. The van der Waals surface area contributed by atoms with Gasteiger partial charge in [0.25, 0.3) is 0 Å². The van der Waals surface area contributed by atoms with Crippen molar-refractivity contribution in [2.45, 2.75) is 30.2 Å². The molecule has 6 heteroatoms. The number of carbonyl (C=O) groups excluding carboxylic acids is 1. The predicted molar refractivity (Wildman–Crippen MR) is 89.7 cm³/mol. The molecule has 3 rings (SSSR count). The molecule has 22 heavy (non-hydrogen) atoms. The van der Waals surface area contributed by atoms with Gasteiger partial charge >= 0.3 is 0 Å². The van der Waals surface area contributed by atoms with Crippen LogP contribution in [-0.2, 0) is 11.3 Å². The molecular weight excluding hydrogens is 316 g/mol. The number of nitrogens with zero attached hydrogens (tertiary/aromatic N) is 1. The Morgan fingerprint density at radius 3 is 3.14 bits per heavy atom. The highest BCUT2D eigenvalue weighted by Gasteiger charge is 2.26. The molecule has 1 heterocycles. The Labute approximate surface area is 138 Å².